The van der Waals surface area contributed by atoms with Crippen molar-refractivity contribution in [3.63, 3.8) is 0 Å². The van der Waals surface area contributed by atoms with E-state index in [1.165, 1.54) is 42.6 Å². The highest BCUT2D eigenvalue weighted by Crippen LogP contribution is 2.17. The Morgan fingerprint density at radius 1 is 1.45 bits per heavy atom. The van der Waals surface area contributed by atoms with Gasteiger partial charge in [-0.2, -0.15) is 5.10 Å². The predicted molar refractivity (Wildman–Crippen MR) is 68.6 cm³/mol. The number of aromatic nitrogens is 3. The van der Waals surface area contributed by atoms with Gasteiger partial charge in [-0.25, -0.2) is 0 Å². The van der Waals surface area contributed by atoms with E-state index in [9.17, 15) is 9.59 Å². The Kier molecular flexibility index (Phi) is 3.94. The zero-order valence-electron chi connectivity index (χ0n) is 10.6. The molecular formula is C12H12N4O4. The normalized spacial score (nSPS) is 10.1. The number of nitrogens with one attached hydrogen (secondary N) is 1. The Morgan fingerprint density at radius 3 is 2.95 bits per heavy atom. The van der Waals surface area contributed by atoms with Gasteiger partial charge in [-0.3, -0.25) is 19.3 Å². The third-order valence-electron chi connectivity index (χ3n) is 2.44. The molecule has 104 valence electrons. The minimum absolute atomic E-state index is 0.269. The molecule has 0 atom stereocenters. The Bertz CT molecular complexity index is 638. The summed E-state index contributed by atoms with van der Waals surface area (Å²) in [5.41, 5.74) is 0.726. The molecule has 0 aliphatic heterocycles. The molecule has 2 heterocycles. The molecular weight excluding hydrogens is 264 g/mol. The number of pyridine rings is 1. The molecule has 8 nitrogen and oxygen atoms in total. The van der Waals surface area contributed by atoms with Gasteiger partial charge in [0.25, 0.3) is 5.91 Å². The summed E-state index contributed by atoms with van der Waals surface area (Å²) in [6, 6.07) is 1.52. The van der Waals surface area contributed by atoms with Crippen molar-refractivity contribution in [2.75, 3.05) is 12.4 Å². The highest BCUT2D eigenvalue weighted by atomic mass is 16.5. The zero-order valence-corrected chi connectivity index (χ0v) is 10.6. The number of anilines is 1. The number of methoxy groups -OCH3 is 1. The molecule has 0 bridgehead atoms. The first-order valence-electron chi connectivity index (χ1n) is 5.63. The zero-order chi connectivity index (χ0) is 14.5. The summed E-state index contributed by atoms with van der Waals surface area (Å²) < 4.78 is 6.25. The molecule has 1 amide bonds. The minimum atomic E-state index is -1.01. The summed E-state index contributed by atoms with van der Waals surface area (Å²) in [4.78, 5) is 26.4. The lowest BCUT2D eigenvalue weighted by Crippen LogP contribution is -2.13. The number of carbonyl (C=O) groups excluding carboxylic acids is 1. The summed E-state index contributed by atoms with van der Waals surface area (Å²) in [6.45, 7) is -0.269. The van der Waals surface area contributed by atoms with Gasteiger partial charge in [0.15, 0.2) is 0 Å². The molecule has 0 fully saturated rings. The van der Waals surface area contributed by atoms with Gasteiger partial charge in [0.05, 0.1) is 30.8 Å². The van der Waals surface area contributed by atoms with Crippen LogP contribution < -0.4 is 10.1 Å². The average molecular weight is 276 g/mol. The van der Waals surface area contributed by atoms with E-state index in [1.807, 2.05) is 0 Å². The first-order chi connectivity index (χ1) is 9.60. The smallest absolute Gasteiger partial charge is 0.325 e. The summed E-state index contributed by atoms with van der Waals surface area (Å²) in [5, 5.41) is 15.1. The van der Waals surface area contributed by atoms with Crippen LogP contribution in [0.4, 0.5) is 5.69 Å². The fraction of sp³-hybridized carbons (Fsp3) is 0.167. The van der Waals surface area contributed by atoms with Crippen LogP contribution in [-0.2, 0) is 11.3 Å². The van der Waals surface area contributed by atoms with Gasteiger partial charge in [-0.1, -0.05) is 0 Å². The van der Waals surface area contributed by atoms with E-state index in [0.29, 0.717) is 17.0 Å². The van der Waals surface area contributed by atoms with Crippen molar-refractivity contribution in [3.8, 4) is 5.75 Å². The third kappa shape index (κ3) is 3.10. The number of amides is 1. The van der Waals surface area contributed by atoms with Crippen molar-refractivity contribution >= 4 is 17.6 Å². The first kappa shape index (κ1) is 13.5. The summed E-state index contributed by atoms with van der Waals surface area (Å²) >= 11 is 0. The van der Waals surface area contributed by atoms with Crippen LogP contribution in [0.5, 0.6) is 5.75 Å². The van der Waals surface area contributed by atoms with Crippen LogP contribution in [-0.4, -0.2) is 38.9 Å². The van der Waals surface area contributed by atoms with Crippen LogP contribution in [0, 0.1) is 0 Å². The summed E-state index contributed by atoms with van der Waals surface area (Å²) in [6.07, 6.45) is 5.71. The number of nitrogens with zero attached hydrogens (tertiary/aromatic N) is 3. The Morgan fingerprint density at radius 2 is 2.25 bits per heavy atom. The third-order valence-corrected chi connectivity index (χ3v) is 2.44. The predicted octanol–water partition coefficient (Wildman–Crippen LogP) is 0.624. The fourth-order valence-corrected chi connectivity index (χ4v) is 1.58. The maximum Gasteiger partial charge on any atom is 0.325 e. The van der Waals surface area contributed by atoms with Crippen molar-refractivity contribution in [1.29, 1.82) is 0 Å². The van der Waals surface area contributed by atoms with Crippen molar-refractivity contribution in [1.82, 2.24) is 14.8 Å². The lowest BCUT2D eigenvalue weighted by molar-refractivity contribution is -0.137. The maximum absolute atomic E-state index is 12.1. The largest absolute Gasteiger partial charge is 0.494 e. The Hall–Kier alpha value is -2.90. The number of hydrogen-bond donors (Lipinski definition) is 2. The molecule has 0 spiro atoms. The van der Waals surface area contributed by atoms with Gasteiger partial charge < -0.3 is 15.2 Å². The second-order valence-electron chi connectivity index (χ2n) is 3.85. The van der Waals surface area contributed by atoms with E-state index in [2.05, 4.69) is 15.4 Å². The van der Waals surface area contributed by atoms with Crippen LogP contribution >= 0.6 is 0 Å². The quantitative estimate of drug-likeness (QED) is 0.829. The maximum atomic E-state index is 12.1. The molecule has 2 aromatic heterocycles. The van der Waals surface area contributed by atoms with Crippen LogP contribution in [0.3, 0.4) is 0 Å². The van der Waals surface area contributed by atoms with Crippen LogP contribution in [0.1, 0.15) is 10.4 Å². The second-order valence-corrected chi connectivity index (χ2v) is 3.85. The van der Waals surface area contributed by atoms with E-state index < -0.39 is 5.97 Å². The fourth-order valence-electron chi connectivity index (χ4n) is 1.58. The van der Waals surface area contributed by atoms with Gasteiger partial charge in [0.2, 0.25) is 0 Å². The highest BCUT2D eigenvalue weighted by Gasteiger charge is 2.13. The number of carbonyl (C=O) groups is 2. The minimum Gasteiger partial charge on any atom is -0.494 e. The molecule has 0 aliphatic rings. The lowest BCUT2D eigenvalue weighted by atomic mass is 10.2. The van der Waals surface area contributed by atoms with Gasteiger partial charge in [-0.15, -0.1) is 0 Å². The molecule has 20 heavy (non-hydrogen) atoms. The molecule has 2 aromatic rings. The number of hydrogen-bond acceptors (Lipinski definition) is 5. The molecule has 0 saturated carbocycles. The molecule has 2 rings (SSSR count). The van der Waals surface area contributed by atoms with E-state index >= 15 is 0 Å². The highest BCUT2D eigenvalue weighted by molar-refractivity contribution is 6.05. The molecule has 2 N–H and O–H groups in total. The standard InChI is InChI=1S/C12H12N4O4/c1-20-10-5-13-3-2-9(10)12(19)15-8-4-14-16(6-8)7-11(17)18/h2-6H,7H2,1H3,(H,15,19)(H,17,18). The molecule has 0 aromatic carbocycles. The van der Waals surface area contributed by atoms with E-state index in [0.717, 1.165) is 0 Å². The van der Waals surface area contributed by atoms with Crippen LogP contribution in [0.2, 0.25) is 0 Å². The van der Waals surface area contributed by atoms with E-state index in [4.69, 9.17) is 9.84 Å². The van der Waals surface area contributed by atoms with Crippen LogP contribution in [0.25, 0.3) is 0 Å². The molecule has 0 saturated heterocycles. The number of aliphatic carboxylic acids is 1. The second kappa shape index (κ2) is 5.83. The molecule has 0 radical (unpaired) electrons. The molecule has 8 heteroatoms. The SMILES string of the molecule is COc1cnccc1C(=O)Nc1cnn(CC(=O)O)c1. The topological polar surface area (TPSA) is 106 Å². The number of rotatable bonds is 5. The van der Waals surface area contributed by atoms with Crippen molar-refractivity contribution in [2.24, 2.45) is 0 Å². The van der Waals surface area contributed by atoms with Crippen molar-refractivity contribution < 1.29 is 19.4 Å². The first-order valence-corrected chi connectivity index (χ1v) is 5.63. The van der Waals surface area contributed by atoms with Gasteiger partial charge in [0.1, 0.15) is 12.3 Å². The molecule has 0 unspecified atom stereocenters. The van der Waals surface area contributed by atoms with E-state index in [-0.39, 0.29) is 12.5 Å². The van der Waals surface area contributed by atoms with E-state index in [1.54, 1.807) is 0 Å². The van der Waals surface area contributed by atoms with Crippen molar-refractivity contribution in [2.45, 2.75) is 6.54 Å². The summed E-state index contributed by atoms with van der Waals surface area (Å²) in [5.74, 6) is -1.05. The summed E-state index contributed by atoms with van der Waals surface area (Å²) in [7, 11) is 1.44. The van der Waals surface area contributed by atoms with Crippen LogP contribution in [0.15, 0.2) is 30.9 Å². The average Bonchev–Trinajstić information content (AvgIpc) is 2.85. The van der Waals surface area contributed by atoms with Crippen molar-refractivity contribution in [3.05, 3.63) is 36.4 Å². The number of carboxylic acids is 1. The Labute approximate surface area is 114 Å². The number of ether oxygens (including phenoxy) is 1. The van der Waals surface area contributed by atoms with Gasteiger partial charge >= 0.3 is 5.97 Å². The number of carboxylic acid groups (broad SMARTS) is 1. The monoisotopic (exact) mass is 276 g/mol. The van der Waals surface area contributed by atoms with Gasteiger partial charge in [0, 0.05) is 12.4 Å². The van der Waals surface area contributed by atoms with Gasteiger partial charge in [-0.05, 0) is 6.07 Å². The Balaban J connectivity index is 2.11. The lowest BCUT2D eigenvalue weighted by Gasteiger charge is -2.06. The molecule has 0 aliphatic carbocycles.